The molecule has 0 aromatic heterocycles. The second-order valence-corrected chi connectivity index (χ2v) is 3.47. The van der Waals surface area contributed by atoms with Crippen LogP contribution in [0.5, 0.6) is 0 Å². The molecule has 1 heteroatoms. The van der Waals surface area contributed by atoms with Crippen molar-refractivity contribution in [1.82, 2.24) is 0 Å². The van der Waals surface area contributed by atoms with Gasteiger partial charge in [-0.1, -0.05) is 19.9 Å². The van der Waals surface area contributed by atoms with E-state index in [1.54, 1.807) is 0 Å². The van der Waals surface area contributed by atoms with Gasteiger partial charge in [-0.3, -0.25) is 0 Å². The van der Waals surface area contributed by atoms with E-state index in [9.17, 15) is 5.11 Å². The summed E-state index contributed by atoms with van der Waals surface area (Å²) in [6.45, 7) is 6.32. The summed E-state index contributed by atoms with van der Waals surface area (Å²) < 4.78 is 0. The third-order valence-corrected chi connectivity index (χ3v) is 2.67. The van der Waals surface area contributed by atoms with E-state index < -0.39 is 0 Å². The molecule has 0 heterocycles. The number of hydrogen-bond acceptors (Lipinski definition) is 1. The van der Waals surface area contributed by atoms with Gasteiger partial charge in [0.1, 0.15) is 0 Å². The van der Waals surface area contributed by atoms with Crippen molar-refractivity contribution in [3.8, 4) is 0 Å². The molecule has 0 aliphatic heterocycles. The first kappa shape index (κ1) is 7.80. The van der Waals surface area contributed by atoms with E-state index in [-0.39, 0.29) is 6.10 Å². The Kier molecular flexibility index (Phi) is 2.14. The standard InChI is InChI=1S/C9H16O/c1-6-4-5-7(2)9(10)8(6)3/h5-6,8-10H,4H2,1-3H3/t6?,8?,9-/m1/s1. The van der Waals surface area contributed by atoms with Crippen LogP contribution in [0.25, 0.3) is 0 Å². The molecule has 0 radical (unpaired) electrons. The minimum atomic E-state index is -0.191. The van der Waals surface area contributed by atoms with Crippen molar-refractivity contribution in [2.45, 2.75) is 33.3 Å². The molecule has 0 aromatic rings. The molecule has 0 spiro atoms. The lowest BCUT2D eigenvalue weighted by Crippen LogP contribution is -2.28. The van der Waals surface area contributed by atoms with Crippen LogP contribution < -0.4 is 0 Å². The Morgan fingerprint density at radius 2 is 2.10 bits per heavy atom. The minimum absolute atomic E-state index is 0.191. The normalized spacial score (nSPS) is 41.2. The number of allylic oxidation sites excluding steroid dienone is 1. The van der Waals surface area contributed by atoms with Crippen LogP contribution in [0, 0.1) is 11.8 Å². The molecule has 2 unspecified atom stereocenters. The molecular formula is C9H16O. The van der Waals surface area contributed by atoms with Crippen molar-refractivity contribution in [2.75, 3.05) is 0 Å². The van der Waals surface area contributed by atoms with Gasteiger partial charge in [-0.15, -0.1) is 0 Å². The molecule has 3 atom stereocenters. The highest BCUT2D eigenvalue weighted by Crippen LogP contribution is 2.28. The van der Waals surface area contributed by atoms with Crippen LogP contribution in [0.15, 0.2) is 11.6 Å². The zero-order valence-electron chi connectivity index (χ0n) is 6.96. The van der Waals surface area contributed by atoms with Gasteiger partial charge in [0.05, 0.1) is 6.10 Å². The van der Waals surface area contributed by atoms with Crippen LogP contribution in [0.3, 0.4) is 0 Å². The fourth-order valence-electron chi connectivity index (χ4n) is 1.43. The maximum absolute atomic E-state index is 9.55. The van der Waals surface area contributed by atoms with Crippen molar-refractivity contribution in [3.05, 3.63) is 11.6 Å². The lowest BCUT2D eigenvalue weighted by Gasteiger charge is -2.29. The zero-order chi connectivity index (χ0) is 7.72. The summed E-state index contributed by atoms with van der Waals surface area (Å²) in [6, 6.07) is 0. The fourth-order valence-corrected chi connectivity index (χ4v) is 1.43. The maximum Gasteiger partial charge on any atom is 0.0775 e. The van der Waals surface area contributed by atoms with Crippen molar-refractivity contribution < 1.29 is 5.11 Å². The SMILES string of the molecule is CC1=CCC(C)C(C)[C@@H]1O. The number of rotatable bonds is 0. The van der Waals surface area contributed by atoms with Crippen molar-refractivity contribution >= 4 is 0 Å². The predicted octanol–water partition coefficient (Wildman–Crippen LogP) is 1.97. The van der Waals surface area contributed by atoms with Crippen LogP contribution in [0.2, 0.25) is 0 Å². The molecule has 0 fully saturated rings. The van der Waals surface area contributed by atoms with Gasteiger partial charge in [-0.05, 0) is 30.8 Å². The summed E-state index contributed by atoms with van der Waals surface area (Å²) >= 11 is 0. The Hall–Kier alpha value is -0.300. The Bertz CT molecular complexity index is 149. The van der Waals surface area contributed by atoms with E-state index in [1.807, 2.05) is 6.92 Å². The van der Waals surface area contributed by atoms with Gasteiger partial charge in [-0.25, -0.2) is 0 Å². The molecule has 1 aliphatic carbocycles. The first-order chi connectivity index (χ1) is 4.63. The molecule has 0 bridgehead atoms. The molecule has 0 saturated carbocycles. The Balaban J connectivity index is 2.71. The van der Waals surface area contributed by atoms with E-state index in [0.29, 0.717) is 11.8 Å². The molecule has 1 rings (SSSR count). The number of aliphatic hydroxyl groups is 1. The van der Waals surface area contributed by atoms with Crippen LogP contribution in [-0.2, 0) is 0 Å². The number of hydrogen-bond donors (Lipinski definition) is 1. The van der Waals surface area contributed by atoms with E-state index in [4.69, 9.17) is 0 Å². The summed E-state index contributed by atoms with van der Waals surface area (Å²) in [7, 11) is 0. The lowest BCUT2D eigenvalue weighted by molar-refractivity contribution is 0.109. The Morgan fingerprint density at radius 3 is 2.60 bits per heavy atom. The quantitative estimate of drug-likeness (QED) is 0.510. The third kappa shape index (κ3) is 1.24. The molecule has 58 valence electrons. The van der Waals surface area contributed by atoms with Gasteiger partial charge in [0.25, 0.3) is 0 Å². The van der Waals surface area contributed by atoms with Gasteiger partial charge in [0.15, 0.2) is 0 Å². The minimum Gasteiger partial charge on any atom is -0.388 e. The molecule has 0 aromatic carbocycles. The summed E-state index contributed by atoms with van der Waals surface area (Å²) in [5.41, 5.74) is 1.14. The van der Waals surface area contributed by atoms with E-state index in [0.717, 1.165) is 12.0 Å². The Labute approximate surface area is 62.8 Å². The van der Waals surface area contributed by atoms with Gasteiger partial charge in [-0.2, -0.15) is 0 Å². The van der Waals surface area contributed by atoms with E-state index in [1.165, 1.54) is 0 Å². The second-order valence-electron chi connectivity index (χ2n) is 3.47. The first-order valence-electron chi connectivity index (χ1n) is 3.97. The van der Waals surface area contributed by atoms with Crippen molar-refractivity contribution in [2.24, 2.45) is 11.8 Å². The van der Waals surface area contributed by atoms with Crippen LogP contribution >= 0.6 is 0 Å². The average Bonchev–Trinajstić information content (AvgIpc) is 1.93. The molecule has 1 N–H and O–H groups in total. The maximum atomic E-state index is 9.55. The van der Waals surface area contributed by atoms with Crippen molar-refractivity contribution in [3.63, 3.8) is 0 Å². The molecule has 0 saturated heterocycles. The fraction of sp³-hybridized carbons (Fsp3) is 0.778. The van der Waals surface area contributed by atoms with E-state index in [2.05, 4.69) is 19.9 Å². The van der Waals surface area contributed by atoms with Crippen LogP contribution in [-0.4, -0.2) is 11.2 Å². The van der Waals surface area contributed by atoms with Gasteiger partial charge in [0.2, 0.25) is 0 Å². The average molecular weight is 140 g/mol. The summed E-state index contributed by atoms with van der Waals surface area (Å²) in [6.07, 6.45) is 3.09. The molecule has 10 heavy (non-hydrogen) atoms. The van der Waals surface area contributed by atoms with Crippen LogP contribution in [0.1, 0.15) is 27.2 Å². The molecule has 1 aliphatic rings. The lowest BCUT2D eigenvalue weighted by atomic mass is 9.80. The van der Waals surface area contributed by atoms with Gasteiger partial charge >= 0.3 is 0 Å². The monoisotopic (exact) mass is 140 g/mol. The van der Waals surface area contributed by atoms with Gasteiger partial charge in [0, 0.05) is 0 Å². The first-order valence-corrected chi connectivity index (χ1v) is 3.97. The molecule has 1 nitrogen and oxygen atoms in total. The largest absolute Gasteiger partial charge is 0.388 e. The van der Waals surface area contributed by atoms with Crippen LogP contribution in [0.4, 0.5) is 0 Å². The third-order valence-electron chi connectivity index (χ3n) is 2.67. The number of aliphatic hydroxyl groups excluding tert-OH is 1. The smallest absolute Gasteiger partial charge is 0.0775 e. The predicted molar refractivity (Wildman–Crippen MR) is 42.7 cm³/mol. The summed E-state index contributed by atoms with van der Waals surface area (Å²) in [4.78, 5) is 0. The summed E-state index contributed by atoms with van der Waals surface area (Å²) in [5, 5.41) is 9.55. The highest BCUT2D eigenvalue weighted by atomic mass is 16.3. The molecular weight excluding hydrogens is 124 g/mol. The second kappa shape index (κ2) is 2.75. The van der Waals surface area contributed by atoms with E-state index >= 15 is 0 Å². The van der Waals surface area contributed by atoms with Crippen molar-refractivity contribution in [1.29, 1.82) is 0 Å². The highest BCUT2D eigenvalue weighted by molar-refractivity contribution is 5.10. The zero-order valence-corrected chi connectivity index (χ0v) is 6.96. The van der Waals surface area contributed by atoms with Gasteiger partial charge < -0.3 is 5.11 Å². The highest BCUT2D eigenvalue weighted by Gasteiger charge is 2.24. The molecule has 0 amide bonds. The summed E-state index contributed by atoms with van der Waals surface area (Å²) in [5.74, 6) is 1.07. The topological polar surface area (TPSA) is 20.2 Å². The Morgan fingerprint density at radius 1 is 1.50 bits per heavy atom.